The molecule has 29 heavy (non-hydrogen) atoms. The van der Waals surface area contributed by atoms with Gasteiger partial charge in [-0.25, -0.2) is 0 Å². The molecule has 154 valence electrons. The van der Waals surface area contributed by atoms with Crippen LogP contribution in [-0.4, -0.2) is 31.0 Å². The molecule has 1 heterocycles. The molecule has 1 aliphatic carbocycles. The third-order valence-electron chi connectivity index (χ3n) is 5.50. The Morgan fingerprint density at radius 3 is 2.24 bits per heavy atom. The highest BCUT2D eigenvalue weighted by Crippen LogP contribution is 2.29. The van der Waals surface area contributed by atoms with E-state index in [2.05, 4.69) is 68.4 Å². The predicted molar refractivity (Wildman–Crippen MR) is 128 cm³/mol. The molecule has 4 nitrogen and oxygen atoms in total. The zero-order valence-electron chi connectivity index (χ0n) is 17.9. The summed E-state index contributed by atoms with van der Waals surface area (Å²) in [5, 5.41) is 4.49. The van der Waals surface area contributed by atoms with Gasteiger partial charge in [0, 0.05) is 25.0 Å². The maximum absolute atomic E-state index is 4.51. The Morgan fingerprint density at radius 1 is 0.897 bits per heavy atom. The molecule has 1 N–H and O–H groups in total. The molecular weight excluding hydrogens is 356 g/mol. The van der Waals surface area contributed by atoms with Crippen molar-refractivity contribution in [2.24, 2.45) is 9.98 Å². The van der Waals surface area contributed by atoms with Crippen LogP contribution < -0.4 is 5.32 Å². The highest BCUT2D eigenvalue weighted by Gasteiger charge is 2.16. The normalized spacial score (nSPS) is 18.3. The molecule has 0 unspecified atom stereocenters. The molecule has 0 amide bonds. The SMILES string of the molecule is CN=CNC(=NC)n1c2c(c3ccccc31)/C=C\CCCCCCCCCC=C2. The lowest BCUT2D eigenvalue weighted by molar-refractivity contribution is 0.584. The number of nitrogens with one attached hydrogen (secondary N) is 1. The average Bonchev–Trinajstić information content (AvgIpc) is 3.04. The minimum absolute atomic E-state index is 0.781. The molecular formula is C25H34N4. The number of hydrogen-bond acceptors (Lipinski definition) is 2. The Kier molecular flexibility index (Phi) is 8.29. The van der Waals surface area contributed by atoms with Crippen LogP contribution >= 0.6 is 0 Å². The van der Waals surface area contributed by atoms with E-state index in [1.807, 2.05) is 7.05 Å². The summed E-state index contributed by atoms with van der Waals surface area (Å²) in [6, 6.07) is 8.58. The highest BCUT2D eigenvalue weighted by molar-refractivity contribution is 6.04. The van der Waals surface area contributed by atoms with Crippen LogP contribution in [0.1, 0.15) is 69.0 Å². The van der Waals surface area contributed by atoms with Crippen molar-refractivity contribution in [1.29, 1.82) is 0 Å². The Balaban J connectivity index is 2.10. The number of aliphatic imine (C=N–C) groups is 2. The standard InChI is InChI=1S/C25H34N4/c1-26-20-28-25(27-2)29-23-18-13-11-9-7-5-3-4-6-8-10-12-16-21(23)22-17-14-15-19-24(22)29/h12-20H,3-11H2,1-2H3,(H,26,27,28)/b16-12-,18-13?. The number of para-hydroxylation sites is 1. The summed E-state index contributed by atoms with van der Waals surface area (Å²) in [4.78, 5) is 8.59. The van der Waals surface area contributed by atoms with Crippen molar-refractivity contribution in [2.45, 2.75) is 57.8 Å². The van der Waals surface area contributed by atoms with E-state index in [9.17, 15) is 0 Å². The van der Waals surface area contributed by atoms with Crippen molar-refractivity contribution in [1.82, 2.24) is 9.88 Å². The predicted octanol–water partition coefficient (Wildman–Crippen LogP) is 6.27. The molecule has 0 saturated heterocycles. The number of benzene rings is 1. The lowest BCUT2D eigenvalue weighted by Gasteiger charge is -2.11. The van der Waals surface area contributed by atoms with E-state index in [-0.39, 0.29) is 0 Å². The molecule has 1 aliphatic rings. The lowest BCUT2D eigenvalue weighted by atomic mass is 10.1. The summed E-state index contributed by atoms with van der Waals surface area (Å²) >= 11 is 0. The molecule has 0 fully saturated rings. The van der Waals surface area contributed by atoms with Gasteiger partial charge in [0.1, 0.15) is 0 Å². The van der Waals surface area contributed by atoms with Crippen molar-refractivity contribution in [2.75, 3.05) is 14.1 Å². The minimum atomic E-state index is 0.781. The van der Waals surface area contributed by atoms with Gasteiger partial charge in [-0.15, -0.1) is 0 Å². The monoisotopic (exact) mass is 390 g/mol. The number of rotatable bonds is 1. The maximum atomic E-state index is 4.51. The lowest BCUT2D eigenvalue weighted by Crippen LogP contribution is -2.30. The Morgan fingerprint density at radius 2 is 1.55 bits per heavy atom. The highest BCUT2D eigenvalue weighted by atomic mass is 15.2. The largest absolute Gasteiger partial charge is 0.317 e. The third kappa shape index (κ3) is 5.47. The minimum Gasteiger partial charge on any atom is -0.317 e. The maximum Gasteiger partial charge on any atom is 0.208 e. The van der Waals surface area contributed by atoms with E-state index < -0.39 is 0 Å². The van der Waals surface area contributed by atoms with E-state index in [1.54, 1.807) is 13.4 Å². The van der Waals surface area contributed by atoms with E-state index in [4.69, 9.17) is 0 Å². The fraction of sp³-hybridized carbons (Fsp3) is 0.440. The topological polar surface area (TPSA) is 41.7 Å². The number of nitrogens with zero attached hydrogens (tertiary/aromatic N) is 3. The van der Waals surface area contributed by atoms with Crippen LogP contribution in [0.2, 0.25) is 0 Å². The van der Waals surface area contributed by atoms with Gasteiger partial charge in [-0.05, 0) is 37.8 Å². The first-order valence-corrected chi connectivity index (χ1v) is 11.0. The number of hydrogen-bond donors (Lipinski definition) is 1. The fourth-order valence-corrected chi connectivity index (χ4v) is 4.01. The van der Waals surface area contributed by atoms with E-state index >= 15 is 0 Å². The molecule has 0 aliphatic heterocycles. The summed E-state index contributed by atoms with van der Waals surface area (Å²) in [7, 11) is 3.58. The van der Waals surface area contributed by atoms with Crippen molar-refractivity contribution < 1.29 is 0 Å². The molecule has 1 aromatic carbocycles. The van der Waals surface area contributed by atoms with Gasteiger partial charge in [0.2, 0.25) is 5.96 Å². The van der Waals surface area contributed by atoms with Gasteiger partial charge >= 0.3 is 0 Å². The van der Waals surface area contributed by atoms with Gasteiger partial charge < -0.3 is 5.32 Å². The summed E-state index contributed by atoms with van der Waals surface area (Å²) in [5.41, 5.74) is 3.60. The quantitative estimate of drug-likeness (QED) is 0.452. The second-order valence-electron chi connectivity index (χ2n) is 7.59. The molecule has 3 rings (SSSR count). The molecule has 1 aromatic heterocycles. The first-order valence-electron chi connectivity index (χ1n) is 11.0. The Hall–Kier alpha value is -2.62. The third-order valence-corrected chi connectivity index (χ3v) is 5.50. The van der Waals surface area contributed by atoms with Crippen molar-refractivity contribution in [3.8, 4) is 0 Å². The van der Waals surface area contributed by atoms with Crippen LogP contribution in [0.25, 0.3) is 23.1 Å². The Labute approximate surface area is 175 Å². The molecule has 4 heteroatoms. The first-order chi connectivity index (χ1) is 14.4. The molecule has 0 bridgehead atoms. The van der Waals surface area contributed by atoms with E-state index in [0.717, 1.165) is 24.3 Å². The molecule has 2 aromatic rings. The summed E-state index contributed by atoms with van der Waals surface area (Å²) in [6.45, 7) is 0. The van der Waals surface area contributed by atoms with Crippen LogP contribution in [0.5, 0.6) is 0 Å². The number of allylic oxidation sites excluding steroid dienone is 2. The number of fused-ring (bicyclic) bond motifs is 3. The zero-order valence-corrected chi connectivity index (χ0v) is 17.9. The van der Waals surface area contributed by atoms with Crippen molar-refractivity contribution in [3.05, 3.63) is 47.7 Å². The Bertz CT molecular complexity index is 899. The molecule has 0 atom stereocenters. The van der Waals surface area contributed by atoms with E-state index in [1.165, 1.54) is 61.6 Å². The van der Waals surface area contributed by atoms with Crippen LogP contribution in [0, 0.1) is 0 Å². The average molecular weight is 391 g/mol. The van der Waals surface area contributed by atoms with Gasteiger partial charge in [-0.3, -0.25) is 14.6 Å². The first kappa shape index (κ1) is 21.1. The van der Waals surface area contributed by atoms with Gasteiger partial charge in [0.15, 0.2) is 0 Å². The summed E-state index contributed by atoms with van der Waals surface area (Å²) in [6.07, 6.45) is 22.5. The smallest absolute Gasteiger partial charge is 0.208 e. The van der Waals surface area contributed by atoms with Crippen LogP contribution in [0.15, 0.2) is 46.4 Å². The number of aromatic nitrogens is 1. The van der Waals surface area contributed by atoms with Gasteiger partial charge in [-0.2, -0.15) is 0 Å². The molecule has 0 saturated carbocycles. The summed E-state index contributed by atoms with van der Waals surface area (Å²) < 4.78 is 2.21. The fourth-order valence-electron chi connectivity index (χ4n) is 4.01. The summed E-state index contributed by atoms with van der Waals surface area (Å²) in [5.74, 6) is 0.781. The van der Waals surface area contributed by atoms with Crippen LogP contribution in [0.3, 0.4) is 0 Å². The van der Waals surface area contributed by atoms with Crippen molar-refractivity contribution >= 4 is 35.4 Å². The second kappa shape index (κ2) is 11.4. The zero-order chi connectivity index (χ0) is 20.3. The van der Waals surface area contributed by atoms with Crippen molar-refractivity contribution in [3.63, 3.8) is 0 Å². The molecule has 0 spiro atoms. The van der Waals surface area contributed by atoms with Gasteiger partial charge in [0.25, 0.3) is 0 Å². The van der Waals surface area contributed by atoms with Crippen LogP contribution in [0.4, 0.5) is 0 Å². The second-order valence-corrected chi connectivity index (χ2v) is 7.59. The van der Waals surface area contributed by atoms with E-state index in [0.29, 0.717) is 0 Å². The van der Waals surface area contributed by atoms with Gasteiger partial charge in [0.05, 0.1) is 17.5 Å². The molecule has 0 radical (unpaired) electrons. The van der Waals surface area contributed by atoms with Gasteiger partial charge in [-0.1, -0.05) is 68.5 Å². The van der Waals surface area contributed by atoms with Crippen LogP contribution in [-0.2, 0) is 0 Å².